The Morgan fingerprint density at radius 2 is 1.87 bits per heavy atom. The summed E-state index contributed by atoms with van der Waals surface area (Å²) in [5.74, 6) is 2.40. The first kappa shape index (κ1) is 26.3. The number of hydrogen-bond acceptors (Lipinski definition) is 7. The number of hydrogen-bond donors (Lipinski definition) is 2. The first-order valence-corrected chi connectivity index (χ1v) is 10.8. The Morgan fingerprint density at radius 3 is 2.50 bits per heavy atom. The third-order valence-electron chi connectivity index (χ3n) is 4.85. The highest BCUT2D eigenvalue weighted by molar-refractivity contribution is 7.98. The molecular formula is C20H29Cl2N5O2S. The number of carbonyl (C=O) groups excluding carboxylic acids is 1. The van der Waals surface area contributed by atoms with E-state index in [9.17, 15) is 9.90 Å². The molecule has 3 rings (SSSR count). The molecule has 1 aromatic carbocycles. The van der Waals surface area contributed by atoms with E-state index in [4.69, 9.17) is 5.73 Å². The van der Waals surface area contributed by atoms with Crippen LogP contribution in [0.2, 0.25) is 0 Å². The lowest BCUT2D eigenvalue weighted by Gasteiger charge is -2.36. The minimum absolute atomic E-state index is 0. The quantitative estimate of drug-likeness (QED) is 0.665. The molecule has 30 heavy (non-hydrogen) atoms. The number of piperazine rings is 1. The number of nitrogens with two attached hydrogens (primary N) is 1. The molecule has 7 nitrogen and oxygen atoms in total. The van der Waals surface area contributed by atoms with Crippen LogP contribution in [0.3, 0.4) is 0 Å². The first-order chi connectivity index (χ1) is 13.5. The topological polar surface area (TPSA) is 95.6 Å². The van der Waals surface area contributed by atoms with Crippen molar-refractivity contribution in [3.63, 3.8) is 0 Å². The molecule has 0 bridgehead atoms. The van der Waals surface area contributed by atoms with Crippen molar-refractivity contribution < 1.29 is 9.90 Å². The fraction of sp³-hybridized carbons (Fsp3) is 0.450. The summed E-state index contributed by atoms with van der Waals surface area (Å²) in [6.45, 7) is 4.55. The first-order valence-electron chi connectivity index (χ1n) is 9.42. The fourth-order valence-electron chi connectivity index (χ4n) is 3.26. The number of aromatic nitrogens is 2. The summed E-state index contributed by atoms with van der Waals surface area (Å²) in [5.41, 5.74) is 7.48. The summed E-state index contributed by atoms with van der Waals surface area (Å²) in [6.07, 6.45) is 2.72. The molecule has 1 amide bonds. The van der Waals surface area contributed by atoms with Gasteiger partial charge in [0.2, 0.25) is 5.91 Å². The largest absolute Gasteiger partial charge is 0.507 e. The van der Waals surface area contributed by atoms with Gasteiger partial charge in [-0.15, -0.1) is 24.8 Å². The maximum Gasteiger partial charge on any atom is 0.239 e. The monoisotopic (exact) mass is 473 g/mol. The van der Waals surface area contributed by atoms with Crippen molar-refractivity contribution in [3.05, 3.63) is 36.0 Å². The van der Waals surface area contributed by atoms with E-state index in [2.05, 4.69) is 14.9 Å². The molecule has 166 valence electrons. The van der Waals surface area contributed by atoms with E-state index in [1.807, 2.05) is 30.2 Å². The second kappa shape index (κ2) is 12.2. The summed E-state index contributed by atoms with van der Waals surface area (Å²) in [6, 6.07) is 8.57. The van der Waals surface area contributed by atoms with Gasteiger partial charge in [-0.2, -0.15) is 11.8 Å². The molecule has 1 aliphatic heterocycles. The third-order valence-corrected chi connectivity index (χ3v) is 5.50. The molecule has 1 atom stereocenters. The van der Waals surface area contributed by atoms with Crippen LogP contribution in [0.1, 0.15) is 12.1 Å². The number of rotatable bonds is 6. The van der Waals surface area contributed by atoms with Gasteiger partial charge in [0.05, 0.1) is 11.6 Å². The van der Waals surface area contributed by atoms with Crippen LogP contribution in [0.25, 0.3) is 11.4 Å². The Balaban J connectivity index is 0.00000225. The molecule has 1 aliphatic rings. The molecule has 0 unspecified atom stereocenters. The average Bonchev–Trinajstić information content (AvgIpc) is 2.71. The number of halogens is 2. The standard InChI is InChI=1S/C20H27N5O2S.2ClH/c1-14-13-18(23-19(22-14)15-5-3-4-6-17(15)26)24-8-10-25(11-9-24)20(27)16(21)7-12-28-2;;/h3-6,13,16,26H,7-12,21H2,1-2H3;2*1H/t16-;;/m0../s1. The zero-order chi connectivity index (χ0) is 20.1. The van der Waals surface area contributed by atoms with Gasteiger partial charge in [0.25, 0.3) is 0 Å². The van der Waals surface area contributed by atoms with E-state index in [1.54, 1.807) is 30.0 Å². The maximum atomic E-state index is 12.5. The van der Waals surface area contributed by atoms with E-state index in [0.717, 1.165) is 17.3 Å². The number of phenolic OH excluding ortho intramolecular Hbond substituents is 1. The molecule has 0 spiro atoms. The van der Waals surface area contributed by atoms with Gasteiger partial charge in [-0.25, -0.2) is 9.97 Å². The molecule has 0 aliphatic carbocycles. The van der Waals surface area contributed by atoms with Gasteiger partial charge >= 0.3 is 0 Å². The lowest BCUT2D eigenvalue weighted by molar-refractivity contribution is -0.132. The lowest BCUT2D eigenvalue weighted by atomic mass is 10.1. The highest BCUT2D eigenvalue weighted by Crippen LogP contribution is 2.28. The van der Waals surface area contributed by atoms with Crippen LogP contribution < -0.4 is 10.6 Å². The number of anilines is 1. The molecule has 1 saturated heterocycles. The second-order valence-electron chi connectivity index (χ2n) is 6.91. The van der Waals surface area contributed by atoms with Gasteiger partial charge in [0, 0.05) is 37.9 Å². The van der Waals surface area contributed by atoms with Crippen LogP contribution in [0.5, 0.6) is 5.75 Å². The Kier molecular flexibility index (Phi) is 10.7. The van der Waals surface area contributed by atoms with Gasteiger partial charge in [-0.05, 0) is 37.5 Å². The van der Waals surface area contributed by atoms with Crippen LogP contribution in [0, 0.1) is 6.92 Å². The average molecular weight is 474 g/mol. The third kappa shape index (κ3) is 6.38. The molecule has 3 N–H and O–H groups in total. The van der Waals surface area contributed by atoms with E-state index in [-0.39, 0.29) is 36.5 Å². The Bertz CT molecular complexity index is 835. The smallest absolute Gasteiger partial charge is 0.239 e. The molecule has 0 radical (unpaired) electrons. The van der Waals surface area contributed by atoms with Crippen molar-refractivity contribution >= 4 is 48.3 Å². The van der Waals surface area contributed by atoms with E-state index < -0.39 is 6.04 Å². The van der Waals surface area contributed by atoms with Crippen molar-refractivity contribution in [3.8, 4) is 17.1 Å². The van der Waals surface area contributed by atoms with Crippen molar-refractivity contribution in [2.75, 3.05) is 43.1 Å². The number of aromatic hydroxyl groups is 1. The van der Waals surface area contributed by atoms with Crippen molar-refractivity contribution in [2.24, 2.45) is 5.73 Å². The van der Waals surface area contributed by atoms with Crippen molar-refractivity contribution in [1.82, 2.24) is 14.9 Å². The number of aryl methyl sites for hydroxylation is 1. The normalized spacial score (nSPS) is 14.5. The summed E-state index contributed by atoms with van der Waals surface area (Å²) < 4.78 is 0. The van der Waals surface area contributed by atoms with Crippen LogP contribution in [0.15, 0.2) is 30.3 Å². The van der Waals surface area contributed by atoms with Crippen LogP contribution in [-0.2, 0) is 4.79 Å². The van der Waals surface area contributed by atoms with Crippen LogP contribution in [-0.4, -0.2) is 70.1 Å². The molecule has 2 heterocycles. The zero-order valence-corrected chi connectivity index (χ0v) is 19.6. The highest BCUT2D eigenvalue weighted by Gasteiger charge is 2.26. The van der Waals surface area contributed by atoms with E-state index >= 15 is 0 Å². The fourth-order valence-corrected chi connectivity index (χ4v) is 3.75. The number of phenols is 1. The minimum atomic E-state index is -0.423. The van der Waals surface area contributed by atoms with Crippen molar-refractivity contribution in [1.29, 1.82) is 0 Å². The molecular weight excluding hydrogens is 445 g/mol. The summed E-state index contributed by atoms with van der Waals surface area (Å²) in [7, 11) is 0. The predicted molar refractivity (Wildman–Crippen MR) is 128 cm³/mol. The summed E-state index contributed by atoms with van der Waals surface area (Å²) >= 11 is 1.70. The summed E-state index contributed by atoms with van der Waals surface area (Å²) in [4.78, 5) is 25.6. The number of nitrogens with zero attached hydrogens (tertiary/aromatic N) is 4. The highest BCUT2D eigenvalue weighted by atomic mass is 35.5. The summed E-state index contributed by atoms with van der Waals surface area (Å²) in [5, 5.41) is 10.1. The molecule has 10 heteroatoms. The zero-order valence-electron chi connectivity index (χ0n) is 17.2. The van der Waals surface area contributed by atoms with Crippen LogP contribution in [0.4, 0.5) is 5.82 Å². The Hall–Kier alpha value is -1.74. The van der Waals surface area contributed by atoms with Gasteiger partial charge in [0.15, 0.2) is 5.82 Å². The number of amides is 1. The number of carbonyl (C=O) groups is 1. The van der Waals surface area contributed by atoms with Gasteiger partial charge in [-0.1, -0.05) is 12.1 Å². The Labute approximate surface area is 194 Å². The number of thioether (sulfide) groups is 1. The molecule has 0 saturated carbocycles. The van der Waals surface area contributed by atoms with E-state index in [0.29, 0.717) is 44.0 Å². The second-order valence-corrected chi connectivity index (χ2v) is 7.89. The molecule has 1 fully saturated rings. The minimum Gasteiger partial charge on any atom is -0.507 e. The SMILES string of the molecule is CSCC[C@H](N)C(=O)N1CCN(c2cc(C)nc(-c3ccccc3O)n2)CC1.Cl.Cl. The Morgan fingerprint density at radius 1 is 1.20 bits per heavy atom. The number of para-hydroxylation sites is 1. The lowest BCUT2D eigenvalue weighted by Crippen LogP contribution is -2.53. The van der Waals surface area contributed by atoms with E-state index in [1.165, 1.54) is 0 Å². The van der Waals surface area contributed by atoms with Crippen molar-refractivity contribution in [2.45, 2.75) is 19.4 Å². The van der Waals surface area contributed by atoms with Crippen LogP contribution >= 0.6 is 36.6 Å². The maximum absolute atomic E-state index is 12.5. The van der Waals surface area contributed by atoms with Gasteiger partial charge in [0.1, 0.15) is 11.6 Å². The number of benzene rings is 1. The molecule has 1 aromatic heterocycles. The van der Waals surface area contributed by atoms with Gasteiger partial charge in [-0.3, -0.25) is 4.79 Å². The predicted octanol–water partition coefficient (Wildman–Crippen LogP) is 2.73. The van der Waals surface area contributed by atoms with Gasteiger partial charge < -0.3 is 20.6 Å². The molecule has 2 aromatic rings.